The molecule has 1 N–H and O–H groups in total. The molecule has 1 aromatic heterocycles. The van der Waals surface area contributed by atoms with E-state index in [1.807, 2.05) is 30.7 Å². The Morgan fingerprint density at radius 3 is 2.64 bits per heavy atom. The number of ether oxygens (including phenoxy) is 1. The molecule has 6 heteroatoms. The van der Waals surface area contributed by atoms with Crippen LogP contribution >= 0.6 is 34.8 Å². The molecule has 1 heterocycles. The van der Waals surface area contributed by atoms with Crippen molar-refractivity contribution in [2.45, 2.75) is 13.3 Å². The molecule has 0 spiro atoms. The SMILES string of the molecule is CCOC(=O)c1[nH]c2cc(Cl)cc(Cl)c2c1C[CH]c1ccccc1Cl. The van der Waals surface area contributed by atoms with Crippen LogP contribution in [0, 0.1) is 6.42 Å². The number of esters is 1. The molecule has 1 radical (unpaired) electrons. The maximum absolute atomic E-state index is 12.3. The summed E-state index contributed by atoms with van der Waals surface area (Å²) in [5, 5.41) is 2.39. The molecule has 25 heavy (non-hydrogen) atoms. The average Bonchev–Trinajstić information content (AvgIpc) is 2.93. The van der Waals surface area contributed by atoms with Gasteiger partial charge in [0, 0.05) is 20.9 Å². The lowest BCUT2D eigenvalue weighted by Crippen LogP contribution is -2.08. The lowest BCUT2D eigenvalue weighted by Gasteiger charge is -2.07. The summed E-state index contributed by atoms with van der Waals surface area (Å²) in [5.41, 5.74) is 2.72. The number of hydrogen-bond donors (Lipinski definition) is 1. The van der Waals surface area contributed by atoms with Crippen LogP contribution in [0.15, 0.2) is 36.4 Å². The zero-order valence-electron chi connectivity index (χ0n) is 13.4. The summed E-state index contributed by atoms with van der Waals surface area (Å²) in [7, 11) is 0. The summed E-state index contributed by atoms with van der Waals surface area (Å²) in [6.07, 6.45) is 2.43. The van der Waals surface area contributed by atoms with Gasteiger partial charge in [-0.3, -0.25) is 0 Å². The van der Waals surface area contributed by atoms with E-state index in [4.69, 9.17) is 39.5 Å². The second-order valence-corrected chi connectivity index (χ2v) is 6.69. The van der Waals surface area contributed by atoms with Crippen molar-refractivity contribution in [1.29, 1.82) is 0 Å². The van der Waals surface area contributed by atoms with Gasteiger partial charge in [0.15, 0.2) is 0 Å². The number of hydrogen-bond acceptors (Lipinski definition) is 2. The van der Waals surface area contributed by atoms with Crippen LogP contribution in [-0.2, 0) is 11.2 Å². The molecule has 0 bridgehead atoms. The van der Waals surface area contributed by atoms with Crippen molar-refractivity contribution in [1.82, 2.24) is 4.98 Å². The highest BCUT2D eigenvalue weighted by Gasteiger charge is 2.21. The van der Waals surface area contributed by atoms with Gasteiger partial charge < -0.3 is 9.72 Å². The van der Waals surface area contributed by atoms with Crippen molar-refractivity contribution in [2.75, 3.05) is 6.61 Å². The Balaban J connectivity index is 2.05. The van der Waals surface area contributed by atoms with Gasteiger partial charge in [0.25, 0.3) is 0 Å². The van der Waals surface area contributed by atoms with Gasteiger partial charge in [-0.05, 0) is 49.1 Å². The van der Waals surface area contributed by atoms with E-state index >= 15 is 0 Å². The summed E-state index contributed by atoms with van der Waals surface area (Å²) < 4.78 is 5.16. The summed E-state index contributed by atoms with van der Waals surface area (Å²) in [6.45, 7) is 2.05. The molecule has 0 amide bonds. The fourth-order valence-electron chi connectivity index (χ4n) is 2.75. The van der Waals surface area contributed by atoms with E-state index in [0.717, 1.165) is 16.5 Å². The molecular weight excluding hydrogens is 381 g/mol. The molecular formula is C19H15Cl3NO2. The van der Waals surface area contributed by atoms with Gasteiger partial charge in [-0.2, -0.15) is 0 Å². The number of fused-ring (bicyclic) bond motifs is 1. The molecule has 0 unspecified atom stereocenters. The molecule has 0 aliphatic carbocycles. The van der Waals surface area contributed by atoms with Crippen molar-refractivity contribution < 1.29 is 9.53 Å². The average molecular weight is 396 g/mol. The third-order valence-corrected chi connectivity index (χ3v) is 4.69. The summed E-state index contributed by atoms with van der Waals surface area (Å²) in [6, 6.07) is 10.9. The minimum atomic E-state index is -0.423. The van der Waals surface area contributed by atoms with E-state index in [0.29, 0.717) is 32.7 Å². The molecule has 0 aliphatic heterocycles. The Labute approximate surface area is 160 Å². The lowest BCUT2D eigenvalue weighted by molar-refractivity contribution is 0.0519. The normalized spacial score (nSPS) is 11.0. The van der Waals surface area contributed by atoms with E-state index in [1.54, 1.807) is 19.1 Å². The highest BCUT2D eigenvalue weighted by molar-refractivity contribution is 6.39. The van der Waals surface area contributed by atoms with Gasteiger partial charge in [-0.1, -0.05) is 53.0 Å². The first-order valence-corrected chi connectivity index (χ1v) is 8.89. The van der Waals surface area contributed by atoms with Gasteiger partial charge in [-0.15, -0.1) is 0 Å². The van der Waals surface area contributed by atoms with Crippen LogP contribution in [-0.4, -0.2) is 17.6 Å². The van der Waals surface area contributed by atoms with Gasteiger partial charge in [0.05, 0.1) is 11.6 Å². The standard InChI is InChI=1S/C19H15Cl3NO2/c1-2-25-19(24)18-13(8-7-11-5-3-4-6-14(11)21)17-15(22)9-12(20)10-16(17)23-18/h3-7,9-10,23H,2,8H2,1H3. The molecule has 0 fully saturated rings. The lowest BCUT2D eigenvalue weighted by atomic mass is 10.0. The first kappa shape index (κ1) is 18.1. The Morgan fingerprint density at radius 1 is 1.16 bits per heavy atom. The van der Waals surface area contributed by atoms with Crippen LogP contribution in [0.25, 0.3) is 10.9 Å². The molecule has 0 saturated carbocycles. The molecule has 2 aromatic carbocycles. The second-order valence-electron chi connectivity index (χ2n) is 5.44. The largest absolute Gasteiger partial charge is 0.461 e. The summed E-state index contributed by atoms with van der Waals surface area (Å²) in [5.74, 6) is -0.423. The highest BCUT2D eigenvalue weighted by Crippen LogP contribution is 2.34. The molecule has 0 aliphatic rings. The van der Waals surface area contributed by atoms with Crippen molar-refractivity contribution in [3.8, 4) is 0 Å². The van der Waals surface area contributed by atoms with Crippen molar-refractivity contribution >= 4 is 51.7 Å². The fraction of sp³-hybridized carbons (Fsp3) is 0.158. The molecule has 0 atom stereocenters. The monoisotopic (exact) mass is 394 g/mol. The maximum atomic E-state index is 12.3. The number of carbonyl (C=O) groups excluding carboxylic acids is 1. The number of rotatable bonds is 5. The predicted octanol–water partition coefficient (Wildman–Crippen LogP) is 6.10. The van der Waals surface area contributed by atoms with E-state index in [-0.39, 0.29) is 6.61 Å². The van der Waals surface area contributed by atoms with Crippen LogP contribution < -0.4 is 0 Å². The Kier molecular flexibility index (Phi) is 5.57. The summed E-state index contributed by atoms with van der Waals surface area (Å²) in [4.78, 5) is 15.4. The number of carbonyl (C=O) groups is 1. The zero-order chi connectivity index (χ0) is 18.0. The minimum Gasteiger partial charge on any atom is -0.461 e. The van der Waals surface area contributed by atoms with Crippen LogP contribution in [0.4, 0.5) is 0 Å². The van der Waals surface area contributed by atoms with Gasteiger partial charge in [0.1, 0.15) is 5.69 Å². The second kappa shape index (κ2) is 7.69. The fourth-order valence-corrected chi connectivity index (χ4v) is 3.57. The third kappa shape index (κ3) is 3.79. The Morgan fingerprint density at radius 2 is 1.92 bits per heavy atom. The summed E-state index contributed by atoms with van der Waals surface area (Å²) >= 11 is 18.7. The quantitative estimate of drug-likeness (QED) is 0.530. The van der Waals surface area contributed by atoms with Gasteiger partial charge >= 0.3 is 5.97 Å². The van der Waals surface area contributed by atoms with Crippen molar-refractivity contribution in [2.24, 2.45) is 0 Å². The van der Waals surface area contributed by atoms with E-state index < -0.39 is 5.97 Å². The number of benzene rings is 2. The Hall–Kier alpha value is -1.68. The van der Waals surface area contributed by atoms with E-state index in [1.165, 1.54) is 0 Å². The van der Waals surface area contributed by atoms with Crippen LogP contribution in [0.5, 0.6) is 0 Å². The topological polar surface area (TPSA) is 42.1 Å². The smallest absolute Gasteiger partial charge is 0.355 e. The third-order valence-electron chi connectivity index (χ3n) is 3.83. The predicted molar refractivity (Wildman–Crippen MR) is 103 cm³/mol. The van der Waals surface area contributed by atoms with Crippen LogP contribution in [0.2, 0.25) is 15.1 Å². The first-order valence-electron chi connectivity index (χ1n) is 7.75. The molecule has 3 nitrogen and oxygen atoms in total. The van der Waals surface area contributed by atoms with E-state index in [9.17, 15) is 4.79 Å². The molecule has 129 valence electrons. The van der Waals surface area contributed by atoms with Gasteiger partial charge in [-0.25, -0.2) is 4.79 Å². The molecule has 3 aromatic rings. The first-order chi connectivity index (χ1) is 12.0. The zero-order valence-corrected chi connectivity index (χ0v) is 15.7. The number of halogens is 3. The van der Waals surface area contributed by atoms with E-state index in [2.05, 4.69) is 4.98 Å². The minimum absolute atomic E-state index is 0.288. The van der Waals surface area contributed by atoms with Crippen LogP contribution in [0.1, 0.15) is 28.5 Å². The highest BCUT2D eigenvalue weighted by atomic mass is 35.5. The van der Waals surface area contributed by atoms with Crippen LogP contribution in [0.3, 0.4) is 0 Å². The van der Waals surface area contributed by atoms with Crippen molar-refractivity contribution in [3.63, 3.8) is 0 Å². The number of aromatic nitrogens is 1. The van der Waals surface area contributed by atoms with Crippen molar-refractivity contribution in [3.05, 3.63) is 74.7 Å². The van der Waals surface area contributed by atoms with Gasteiger partial charge in [0.2, 0.25) is 0 Å². The Bertz CT molecular complexity index is 934. The number of nitrogens with one attached hydrogen (secondary N) is 1. The molecule has 3 rings (SSSR count). The number of H-pyrrole nitrogens is 1. The number of aromatic amines is 1. The molecule has 0 saturated heterocycles. The maximum Gasteiger partial charge on any atom is 0.355 e.